The molecule has 21 heavy (non-hydrogen) atoms. The number of nitrogens with one attached hydrogen (secondary N) is 1. The van der Waals surface area contributed by atoms with Crippen LogP contribution in [0, 0.1) is 0 Å². The summed E-state index contributed by atoms with van der Waals surface area (Å²) in [6, 6.07) is 14.0. The summed E-state index contributed by atoms with van der Waals surface area (Å²) in [6.45, 7) is 0.862. The number of methoxy groups -OCH3 is 1. The first-order valence-electron chi connectivity index (χ1n) is 6.48. The van der Waals surface area contributed by atoms with E-state index in [9.17, 15) is 4.79 Å². The van der Waals surface area contributed by atoms with Gasteiger partial charge in [0, 0.05) is 17.7 Å². The molecule has 0 spiro atoms. The zero-order valence-electron chi connectivity index (χ0n) is 11.6. The number of hydrogen-bond acceptors (Lipinski definition) is 3. The summed E-state index contributed by atoms with van der Waals surface area (Å²) in [5.41, 5.74) is 1.10. The van der Waals surface area contributed by atoms with Gasteiger partial charge >= 0.3 is 0 Å². The first-order chi connectivity index (χ1) is 10.2. The van der Waals surface area contributed by atoms with Crippen molar-refractivity contribution in [3.8, 4) is 5.75 Å². The van der Waals surface area contributed by atoms with Crippen molar-refractivity contribution in [1.29, 1.82) is 0 Å². The smallest absolute Gasteiger partial charge is 0.255 e. The summed E-state index contributed by atoms with van der Waals surface area (Å²) in [4.78, 5) is 12.2. The fourth-order valence-corrected chi connectivity index (χ4v) is 1.92. The molecule has 0 heterocycles. The topological polar surface area (TPSA) is 47.6 Å². The number of hydrogen-bond donors (Lipinski definition) is 1. The maximum atomic E-state index is 12.2. The summed E-state index contributed by atoms with van der Waals surface area (Å²) in [5, 5.41) is 3.33. The zero-order valence-corrected chi connectivity index (χ0v) is 12.4. The lowest BCUT2D eigenvalue weighted by molar-refractivity contribution is 0.102. The fraction of sp³-hybridized carbons (Fsp3) is 0.188. The SMILES string of the molecule is COCCOc1ccc(Cl)cc1NC(=O)c1ccccc1. The molecule has 1 N–H and O–H groups in total. The van der Waals surface area contributed by atoms with Crippen LogP contribution in [0.2, 0.25) is 5.02 Å². The van der Waals surface area contributed by atoms with E-state index in [2.05, 4.69) is 5.32 Å². The number of rotatable bonds is 6. The van der Waals surface area contributed by atoms with Crippen LogP contribution in [0.15, 0.2) is 48.5 Å². The molecule has 2 aromatic rings. The highest BCUT2D eigenvalue weighted by Gasteiger charge is 2.10. The van der Waals surface area contributed by atoms with Crippen LogP contribution in [-0.2, 0) is 4.74 Å². The molecule has 0 aliphatic rings. The van der Waals surface area contributed by atoms with Gasteiger partial charge in [0.25, 0.3) is 5.91 Å². The van der Waals surface area contributed by atoms with Gasteiger partial charge in [0.1, 0.15) is 12.4 Å². The van der Waals surface area contributed by atoms with Crippen molar-refractivity contribution >= 4 is 23.2 Å². The van der Waals surface area contributed by atoms with Crippen LogP contribution >= 0.6 is 11.6 Å². The standard InChI is InChI=1S/C16H16ClNO3/c1-20-9-10-21-15-8-7-13(17)11-14(15)18-16(19)12-5-3-2-4-6-12/h2-8,11H,9-10H2,1H3,(H,18,19). The van der Waals surface area contributed by atoms with Gasteiger partial charge in [-0.05, 0) is 30.3 Å². The summed E-state index contributed by atoms with van der Waals surface area (Å²) in [7, 11) is 1.60. The second kappa shape index (κ2) is 7.67. The third-order valence-corrected chi connectivity index (χ3v) is 3.01. The molecule has 0 saturated carbocycles. The first-order valence-corrected chi connectivity index (χ1v) is 6.86. The maximum absolute atomic E-state index is 12.2. The van der Waals surface area contributed by atoms with E-state index < -0.39 is 0 Å². The van der Waals surface area contributed by atoms with Crippen LogP contribution in [0.1, 0.15) is 10.4 Å². The van der Waals surface area contributed by atoms with Gasteiger partial charge < -0.3 is 14.8 Å². The van der Waals surface area contributed by atoms with Gasteiger partial charge in [0.05, 0.1) is 12.3 Å². The number of benzene rings is 2. The van der Waals surface area contributed by atoms with Crippen LogP contribution in [0.25, 0.3) is 0 Å². The Labute approximate surface area is 128 Å². The molecule has 0 aliphatic carbocycles. The molecule has 2 aromatic carbocycles. The Morgan fingerprint density at radius 3 is 2.62 bits per heavy atom. The van der Waals surface area contributed by atoms with Crippen LogP contribution in [-0.4, -0.2) is 26.2 Å². The Morgan fingerprint density at radius 1 is 1.14 bits per heavy atom. The number of carbonyl (C=O) groups excluding carboxylic acids is 1. The van der Waals surface area contributed by atoms with Crippen molar-refractivity contribution in [3.63, 3.8) is 0 Å². The molecule has 0 radical (unpaired) electrons. The number of carbonyl (C=O) groups is 1. The maximum Gasteiger partial charge on any atom is 0.255 e. The van der Waals surface area contributed by atoms with Crippen LogP contribution < -0.4 is 10.1 Å². The van der Waals surface area contributed by atoms with Gasteiger partial charge in [-0.25, -0.2) is 0 Å². The molecular formula is C16H16ClNO3. The van der Waals surface area contributed by atoms with E-state index in [-0.39, 0.29) is 5.91 Å². The van der Waals surface area contributed by atoms with Crippen LogP contribution in [0.4, 0.5) is 5.69 Å². The summed E-state index contributed by atoms with van der Waals surface area (Å²) in [5.74, 6) is 0.343. The van der Waals surface area contributed by atoms with E-state index >= 15 is 0 Å². The zero-order chi connectivity index (χ0) is 15.1. The Balaban J connectivity index is 2.14. The molecule has 2 rings (SSSR count). The van der Waals surface area contributed by atoms with Crippen LogP contribution in [0.3, 0.4) is 0 Å². The van der Waals surface area contributed by atoms with Crippen molar-refractivity contribution in [2.75, 3.05) is 25.6 Å². The number of ether oxygens (including phenoxy) is 2. The molecule has 1 amide bonds. The molecule has 0 fully saturated rings. The molecule has 0 unspecified atom stereocenters. The van der Waals surface area contributed by atoms with Gasteiger partial charge in [-0.2, -0.15) is 0 Å². The van der Waals surface area contributed by atoms with Gasteiger partial charge in [-0.15, -0.1) is 0 Å². The third-order valence-electron chi connectivity index (χ3n) is 2.77. The molecule has 0 saturated heterocycles. The van der Waals surface area contributed by atoms with Gasteiger partial charge in [0.15, 0.2) is 0 Å². The van der Waals surface area contributed by atoms with Crippen molar-refractivity contribution in [2.24, 2.45) is 0 Å². The predicted molar refractivity (Wildman–Crippen MR) is 83.2 cm³/mol. The summed E-state index contributed by atoms with van der Waals surface area (Å²) in [6.07, 6.45) is 0. The lowest BCUT2D eigenvalue weighted by atomic mass is 10.2. The van der Waals surface area contributed by atoms with E-state index in [0.29, 0.717) is 35.2 Å². The predicted octanol–water partition coefficient (Wildman–Crippen LogP) is 3.62. The monoisotopic (exact) mass is 305 g/mol. The Bertz CT molecular complexity index is 602. The van der Waals surface area contributed by atoms with Crippen molar-refractivity contribution in [3.05, 3.63) is 59.1 Å². The third kappa shape index (κ3) is 4.48. The first kappa shape index (κ1) is 15.4. The minimum absolute atomic E-state index is 0.213. The Morgan fingerprint density at radius 2 is 1.90 bits per heavy atom. The summed E-state index contributed by atoms with van der Waals surface area (Å²) < 4.78 is 10.5. The average Bonchev–Trinajstić information content (AvgIpc) is 2.50. The van der Waals surface area contributed by atoms with Crippen LogP contribution in [0.5, 0.6) is 5.75 Å². The van der Waals surface area contributed by atoms with E-state index in [1.165, 1.54) is 0 Å². The highest BCUT2D eigenvalue weighted by atomic mass is 35.5. The molecule has 0 bridgehead atoms. The molecule has 110 valence electrons. The van der Waals surface area contributed by atoms with E-state index in [4.69, 9.17) is 21.1 Å². The second-order valence-corrected chi connectivity index (χ2v) is 4.74. The molecular weight excluding hydrogens is 290 g/mol. The number of amides is 1. The minimum Gasteiger partial charge on any atom is -0.489 e. The van der Waals surface area contributed by atoms with Gasteiger partial charge in [-0.1, -0.05) is 29.8 Å². The van der Waals surface area contributed by atoms with Gasteiger partial charge in [-0.3, -0.25) is 4.79 Å². The normalized spacial score (nSPS) is 10.2. The number of anilines is 1. The average molecular weight is 306 g/mol. The fourth-order valence-electron chi connectivity index (χ4n) is 1.74. The van der Waals surface area contributed by atoms with Gasteiger partial charge in [0.2, 0.25) is 0 Å². The van der Waals surface area contributed by atoms with Crippen molar-refractivity contribution in [1.82, 2.24) is 0 Å². The molecule has 5 heteroatoms. The molecule has 0 aliphatic heterocycles. The van der Waals surface area contributed by atoms with E-state index in [1.54, 1.807) is 37.4 Å². The van der Waals surface area contributed by atoms with E-state index in [1.807, 2.05) is 18.2 Å². The summed E-state index contributed by atoms with van der Waals surface area (Å²) >= 11 is 5.98. The molecule has 0 aromatic heterocycles. The van der Waals surface area contributed by atoms with Crippen molar-refractivity contribution < 1.29 is 14.3 Å². The minimum atomic E-state index is -0.213. The highest BCUT2D eigenvalue weighted by Crippen LogP contribution is 2.28. The molecule has 4 nitrogen and oxygen atoms in total. The molecule has 0 atom stereocenters. The largest absolute Gasteiger partial charge is 0.489 e. The van der Waals surface area contributed by atoms with E-state index in [0.717, 1.165) is 0 Å². The lowest BCUT2D eigenvalue weighted by Crippen LogP contribution is -2.13. The second-order valence-electron chi connectivity index (χ2n) is 4.30. The number of halogens is 1. The highest BCUT2D eigenvalue weighted by molar-refractivity contribution is 6.31. The Hall–Kier alpha value is -2.04. The quantitative estimate of drug-likeness (QED) is 0.829. The Kier molecular flexibility index (Phi) is 5.60. The van der Waals surface area contributed by atoms with Crippen molar-refractivity contribution in [2.45, 2.75) is 0 Å². The lowest BCUT2D eigenvalue weighted by Gasteiger charge is -2.13.